The lowest BCUT2D eigenvalue weighted by Crippen LogP contribution is -2.78. The number of rotatable bonds is 7. The molecule has 4 atom stereocenters. The van der Waals surface area contributed by atoms with E-state index in [4.69, 9.17) is 4.74 Å². The fourth-order valence-electron chi connectivity index (χ4n) is 11.0. The number of aromatic nitrogens is 3. The molecule has 2 N–H and O–H groups in total. The Hall–Kier alpha value is -6.47. The van der Waals surface area contributed by atoms with Crippen molar-refractivity contribution in [2.24, 2.45) is 11.3 Å². The Morgan fingerprint density at radius 2 is 1.64 bits per heavy atom. The van der Waals surface area contributed by atoms with Gasteiger partial charge in [-0.2, -0.15) is 5.26 Å². The largest absolute Gasteiger partial charge is 0.488 e. The quantitative estimate of drug-likeness (QED) is 0.259. The Morgan fingerprint density at radius 3 is 2.36 bits per heavy atom. The minimum absolute atomic E-state index is 0.0844. The Morgan fingerprint density at radius 1 is 0.902 bits per heavy atom. The number of ether oxygens (including phenoxy) is 1. The van der Waals surface area contributed by atoms with Crippen LogP contribution in [0.3, 0.4) is 0 Å². The first-order chi connectivity index (χ1) is 29.4. The maximum atomic E-state index is 13.8. The van der Waals surface area contributed by atoms with Crippen LogP contribution in [0.5, 0.6) is 5.75 Å². The normalized spacial score (nSPS) is 25.9. The highest BCUT2D eigenvalue weighted by atomic mass is 16.5. The molecule has 2 aromatic heterocycles. The second kappa shape index (κ2) is 14.3. The molecule has 1 aliphatic carbocycles. The minimum Gasteiger partial charge on any atom is -0.488 e. The molecular weight excluding hydrogens is 777 g/mol. The average Bonchev–Trinajstić information content (AvgIpc) is 3.52. The zero-order chi connectivity index (χ0) is 42.4. The fraction of sp³-hybridized carbons (Fsp3) is 0.444. The molecule has 3 saturated heterocycles. The molecular formula is C45H46N10O6. The van der Waals surface area contributed by atoms with Gasteiger partial charge in [-0.15, -0.1) is 0 Å². The van der Waals surface area contributed by atoms with Gasteiger partial charge in [0.25, 0.3) is 17.7 Å². The molecule has 0 radical (unpaired) electrons. The molecule has 2 aromatic carbocycles. The van der Waals surface area contributed by atoms with Gasteiger partial charge >= 0.3 is 0 Å². The molecule has 16 heteroatoms. The van der Waals surface area contributed by atoms with E-state index in [1.54, 1.807) is 36.8 Å². The Bertz CT molecular complexity index is 2570. The predicted octanol–water partition coefficient (Wildman–Crippen LogP) is 3.19. The highest BCUT2D eigenvalue weighted by molar-refractivity contribution is 6.23. The molecule has 312 valence electrons. The van der Waals surface area contributed by atoms with Crippen LogP contribution in [-0.2, 0) is 15.0 Å². The summed E-state index contributed by atoms with van der Waals surface area (Å²) in [5.41, 5.74) is 3.01. The van der Waals surface area contributed by atoms with Crippen molar-refractivity contribution in [2.75, 3.05) is 55.6 Å². The van der Waals surface area contributed by atoms with E-state index in [1.807, 2.05) is 18.2 Å². The van der Waals surface area contributed by atoms with Gasteiger partial charge in [-0.05, 0) is 74.1 Å². The van der Waals surface area contributed by atoms with Crippen LogP contribution in [0.4, 0.5) is 11.6 Å². The van der Waals surface area contributed by atoms with E-state index in [9.17, 15) is 29.2 Å². The van der Waals surface area contributed by atoms with Crippen LogP contribution in [0, 0.1) is 22.7 Å². The average molecular weight is 823 g/mol. The fourth-order valence-corrected chi connectivity index (χ4v) is 11.0. The predicted molar refractivity (Wildman–Crippen MR) is 222 cm³/mol. The summed E-state index contributed by atoms with van der Waals surface area (Å²) in [6, 6.07) is 11.9. The van der Waals surface area contributed by atoms with Gasteiger partial charge < -0.3 is 19.9 Å². The highest BCUT2D eigenvalue weighted by Crippen LogP contribution is 2.61. The van der Waals surface area contributed by atoms with E-state index >= 15 is 0 Å². The minimum atomic E-state index is -0.983. The molecule has 2 unspecified atom stereocenters. The number of pyridine rings is 1. The van der Waals surface area contributed by atoms with Crippen molar-refractivity contribution in [2.45, 2.75) is 70.1 Å². The summed E-state index contributed by atoms with van der Waals surface area (Å²) in [6.07, 6.45) is 6.95. The van der Waals surface area contributed by atoms with E-state index in [1.165, 1.54) is 0 Å². The second-order valence-corrected chi connectivity index (χ2v) is 18.0. The van der Waals surface area contributed by atoms with Gasteiger partial charge in [-0.25, -0.2) is 9.97 Å². The van der Waals surface area contributed by atoms with E-state index in [2.05, 4.69) is 67.1 Å². The van der Waals surface area contributed by atoms with Gasteiger partial charge in [0.15, 0.2) is 0 Å². The summed E-state index contributed by atoms with van der Waals surface area (Å²) in [6.45, 7) is 12.2. The molecule has 7 heterocycles. The van der Waals surface area contributed by atoms with Crippen molar-refractivity contribution >= 4 is 52.1 Å². The van der Waals surface area contributed by atoms with Gasteiger partial charge in [0, 0.05) is 87.3 Å². The van der Waals surface area contributed by atoms with E-state index < -0.39 is 35.1 Å². The Kier molecular flexibility index (Phi) is 9.09. The first kappa shape index (κ1) is 38.7. The summed E-state index contributed by atoms with van der Waals surface area (Å²) >= 11 is 0. The van der Waals surface area contributed by atoms with Crippen LogP contribution in [0.15, 0.2) is 55.0 Å². The molecule has 16 nitrogen and oxygen atoms in total. The number of piperazine rings is 1. The maximum Gasteiger partial charge on any atom is 0.262 e. The van der Waals surface area contributed by atoms with Crippen LogP contribution in [0.2, 0.25) is 0 Å². The number of hydrogen-bond donors (Lipinski definition) is 2. The van der Waals surface area contributed by atoms with Crippen LogP contribution in [-0.4, -0.2) is 118 Å². The number of piperidine rings is 2. The number of imide groups is 2. The number of carbonyl (C=O) groups excluding carboxylic acids is 5. The number of amides is 5. The zero-order valence-electron chi connectivity index (χ0n) is 34.3. The first-order valence-corrected chi connectivity index (χ1v) is 21.1. The third kappa shape index (κ3) is 6.11. The molecule has 1 saturated carbocycles. The van der Waals surface area contributed by atoms with E-state index in [-0.39, 0.29) is 41.9 Å². The van der Waals surface area contributed by atoms with Crippen molar-refractivity contribution < 1.29 is 28.7 Å². The topological polar surface area (TPSA) is 194 Å². The van der Waals surface area contributed by atoms with E-state index in [0.29, 0.717) is 39.8 Å². The number of nitrogens with zero attached hydrogens (tertiary/aromatic N) is 8. The van der Waals surface area contributed by atoms with Crippen LogP contribution in [0.1, 0.15) is 88.7 Å². The number of hydrogen-bond acceptors (Lipinski definition) is 13. The van der Waals surface area contributed by atoms with Gasteiger partial charge in [-0.3, -0.25) is 44.1 Å². The van der Waals surface area contributed by atoms with Crippen molar-refractivity contribution in [1.82, 2.24) is 35.4 Å². The number of nitriles is 1. The van der Waals surface area contributed by atoms with Crippen molar-refractivity contribution in [3.05, 3.63) is 82.8 Å². The second-order valence-electron chi connectivity index (χ2n) is 18.0. The summed E-state index contributed by atoms with van der Waals surface area (Å²) < 4.78 is 6.56. The monoisotopic (exact) mass is 822 g/mol. The number of anilines is 2. The van der Waals surface area contributed by atoms with Crippen LogP contribution in [0.25, 0.3) is 10.9 Å². The molecule has 0 spiro atoms. The smallest absolute Gasteiger partial charge is 0.262 e. The first-order valence-electron chi connectivity index (χ1n) is 21.1. The van der Waals surface area contributed by atoms with Crippen molar-refractivity contribution in [3.8, 4) is 11.8 Å². The zero-order valence-corrected chi connectivity index (χ0v) is 34.3. The van der Waals surface area contributed by atoms with Crippen LogP contribution >= 0.6 is 0 Å². The number of nitrogens with one attached hydrogen (secondary N) is 2. The van der Waals surface area contributed by atoms with Gasteiger partial charge in [0.1, 0.15) is 24.0 Å². The lowest BCUT2D eigenvalue weighted by molar-refractivity contribution is -0.136. The summed E-state index contributed by atoms with van der Waals surface area (Å²) in [4.78, 5) is 86.0. The summed E-state index contributed by atoms with van der Waals surface area (Å²) in [5, 5.41) is 16.1. The van der Waals surface area contributed by atoms with Gasteiger partial charge in [0.05, 0.1) is 39.2 Å². The Labute approximate surface area is 352 Å². The molecule has 61 heavy (non-hydrogen) atoms. The molecule has 4 aromatic rings. The molecule has 0 bridgehead atoms. The third-order valence-electron chi connectivity index (χ3n) is 14.1. The van der Waals surface area contributed by atoms with Crippen molar-refractivity contribution in [3.63, 3.8) is 0 Å². The number of carbonyl (C=O) groups is 5. The SMILES string of the molecule is CC1(C)[C@H](NC(=O)c2cnc(N3CCC(CN4CCN(c5ccc6c(c5)C(=O)N(C5CCC(=O)NC5=O)C6=O)CC4)CC3)nc2)C2(C)c3ccnc4c(C#N)ccc(c34)O[C@@H]12. The molecule has 6 aliphatic rings. The Balaban J connectivity index is 0.719. The van der Waals surface area contributed by atoms with Gasteiger partial charge in [-0.1, -0.05) is 13.8 Å². The van der Waals surface area contributed by atoms with E-state index in [0.717, 1.165) is 80.2 Å². The number of fused-ring (bicyclic) bond motifs is 3. The molecule has 5 amide bonds. The molecule has 4 fully saturated rings. The summed E-state index contributed by atoms with van der Waals surface area (Å²) in [5.74, 6) is -0.412. The standard InChI is InChI=1S/C45H46N10O6/c1-44(2)41(45(3)31-10-13-47-36-26(21-46)4-8-33(35(31)36)61-42(44)45)51-37(57)27-22-48-43(49-23-27)54-14-11-25(12-15-54)24-52-16-18-53(19-17-52)28-5-6-29-30(20-28)40(60)55(39(29)59)32-7-9-34(56)50-38(32)58/h4-6,8,10,13,20,22-23,25,32,41-42H,7,9,11-12,14-19,24H2,1-3H3,(H,51,57)(H,50,56,58)/t32?,41-,42-,45?/m0/s1. The maximum absolute atomic E-state index is 13.8. The molecule has 10 rings (SSSR count). The van der Waals surface area contributed by atoms with Crippen molar-refractivity contribution in [1.29, 1.82) is 5.26 Å². The third-order valence-corrected chi connectivity index (χ3v) is 14.1. The van der Waals surface area contributed by atoms with Gasteiger partial charge in [0.2, 0.25) is 17.8 Å². The summed E-state index contributed by atoms with van der Waals surface area (Å²) in [7, 11) is 0. The lowest BCUT2D eigenvalue weighted by atomic mass is 9.45. The van der Waals surface area contributed by atoms with Crippen LogP contribution < -0.4 is 25.2 Å². The molecule has 5 aliphatic heterocycles. The lowest BCUT2D eigenvalue weighted by Gasteiger charge is -2.66. The highest BCUT2D eigenvalue weighted by Gasteiger charge is 2.69. The number of benzene rings is 2.